The molecule has 1 amide bonds. The molecule has 0 saturated carbocycles. The Morgan fingerprint density at radius 1 is 1.41 bits per heavy atom. The van der Waals surface area contributed by atoms with Gasteiger partial charge in [0.2, 0.25) is 0 Å². The van der Waals surface area contributed by atoms with E-state index in [4.69, 9.17) is 4.42 Å². The third kappa shape index (κ3) is 2.39. The SMILES string of the molecule is CCNC(=O)c1cc2cc(Br)ccc2oc1=O. The normalized spacial score (nSPS) is 10.5. The van der Waals surface area contributed by atoms with Crippen molar-refractivity contribution in [2.75, 3.05) is 6.54 Å². The highest BCUT2D eigenvalue weighted by atomic mass is 79.9. The van der Waals surface area contributed by atoms with Crippen LogP contribution in [0.2, 0.25) is 0 Å². The number of rotatable bonds is 2. The number of benzene rings is 1. The molecule has 0 unspecified atom stereocenters. The van der Waals surface area contributed by atoms with Crippen molar-refractivity contribution in [1.82, 2.24) is 5.32 Å². The summed E-state index contributed by atoms with van der Waals surface area (Å²) in [6.07, 6.45) is 0. The molecule has 0 aliphatic rings. The molecular weight excluding hydrogens is 286 g/mol. The Kier molecular flexibility index (Phi) is 3.28. The van der Waals surface area contributed by atoms with Gasteiger partial charge in [-0.2, -0.15) is 0 Å². The van der Waals surface area contributed by atoms with Crippen molar-refractivity contribution in [3.63, 3.8) is 0 Å². The minimum atomic E-state index is -0.620. The predicted molar refractivity (Wildman–Crippen MR) is 68.2 cm³/mol. The van der Waals surface area contributed by atoms with Gasteiger partial charge in [0, 0.05) is 16.4 Å². The highest BCUT2D eigenvalue weighted by Crippen LogP contribution is 2.19. The lowest BCUT2D eigenvalue weighted by molar-refractivity contribution is 0.0952. The second kappa shape index (κ2) is 4.71. The first-order valence-electron chi connectivity index (χ1n) is 5.13. The molecule has 1 heterocycles. The van der Waals surface area contributed by atoms with E-state index < -0.39 is 11.5 Å². The van der Waals surface area contributed by atoms with Crippen molar-refractivity contribution in [3.8, 4) is 0 Å². The number of nitrogens with one attached hydrogen (secondary N) is 1. The minimum Gasteiger partial charge on any atom is -0.422 e. The Bertz CT molecular complexity index is 633. The summed E-state index contributed by atoms with van der Waals surface area (Å²) in [5, 5.41) is 3.28. The zero-order chi connectivity index (χ0) is 12.4. The molecule has 1 aromatic heterocycles. The Balaban J connectivity index is 2.61. The number of halogens is 1. The van der Waals surface area contributed by atoms with E-state index in [0.29, 0.717) is 17.5 Å². The second-order valence-corrected chi connectivity index (χ2v) is 4.40. The Labute approximate surface area is 106 Å². The van der Waals surface area contributed by atoms with Crippen LogP contribution in [-0.4, -0.2) is 12.5 Å². The third-order valence-corrected chi connectivity index (χ3v) is 2.77. The molecule has 2 aromatic rings. The molecule has 0 fully saturated rings. The summed E-state index contributed by atoms with van der Waals surface area (Å²) in [7, 11) is 0. The molecule has 0 radical (unpaired) electrons. The fraction of sp³-hybridized carbons (Fsp3) is 0.167. The van der Waals surface area contributed by atoms with E-state index in [1.54, 1.807) is 25.1 Å². The topological polar surface area (TPSA) is 59.3 Å². The highest BCUT2D eigenvalue weighted by molar-refractivity contribution is 9.10. The molecule has 2 rings (SSSR count). The van der Waals surface area contributed by atoms with Gasteiger partial charge in [-0.05, 0) is 31.2 Å². The first-order chi connectivity index (χ1) is 8.11. The second-order valence-electron chi connectivity index (χ2n) is 3.49. The van der Waals surface area contributed by atoms with Crippen LogP contribution in [0, 0.1) is 0 Å². The standard InChI is InChI=1S/C12H10BrNO3/c1-2-14-11(15)9-6-7-5-8(13)3-4-10(7)17-12(9)16/h3-6H,2H2,1H3,(H,14,15). The molecule has 88 valence electrons. The van der Waals surface area contributed by atoms with Crippen LogP contribution in [-0.2, 0) is 0 Å². The van der Waals surface area contributed by atoms with Gasteiger partial charge in [-0.25, -0.2) is 4.79 Å². The summed E-state index contributed by atoms with van der Waals surface area (Å²) in [6, 6.07) is 6.79. The van der Waals surface area contributed by atoms with Gasteiger partial charge in [0.15, 0.2) is 0 Å². The Hall–Kier alpha value is -1.62. The lowest BCUT2D eigenvalue weighted by Gasteiger charge is -2.02. The summed E-state index contributed by atoms with van der Waals surface area (Å²) < 4.78 is 5.94. The van der Waals surface area contributed by atoms with E-state index in [-0.39, 0.29) is 5.56 Å². The Morgan fingerprint density at radius 2 is 2.18 bits per heavy atom. The minimum absolute atomic E-state index is 0.0254. The smallest absolute Gasteiger partial charge is 0.349 e. The van der Waals surface area contributed by atoms with Crippen LogP contribution in [0.25, 0.3) is 11.0 Å². The number of hydrogen-bond donors (Lipinski definition) is 1. The molecule has 5 heteroatoms. The number of carbonyl (C=O) groups is 1. The van der Waals surface area contributed by atoms with Crippen molar-refractivity contribution in [3.05, 3.63) is 44.7 Å². The van der Waals surface area contributed by atoms with Gasteiger partial charge in [0.1, 0.15) is 11.1 Å². The van der Waals surface area contributed by atoms with Gasteiger partial charge < -0.3 is 9.73 Å². The van der Waals surface area contributed by atoms with Crippen molar-refractivity contribution in [2.24, 2.45) is 0 Å². The summed E-state index contributed by atoms with van der Waals surface area (Å²) in [5.74, 6) is -0.414. The van der Waals surface area contributed by atoms with Gasteiger partial charge >= 0.3 is 5.63 Å². The van der Waals surface area contributed by atoms with Crippen LogP contribution in [0.4, 0.5) is 0 Å². The maximum Gasteiger partial charge on any atom is 0.349 e. The number of fused-ring (bicyclic) bond motifs is 1. The Morgan fingerprint density at radius 3 is 2.88 bits per heavy atom. The third-order valence-electron chi connectivity index (χ3n) is 2.28. The van der Waals surface area contributed by atoms with Crippen molar-refractivity contribution in [1.29, 1.82) is 0 Å². The summed E-state index contributed by atoms with van der Waals surface area (Å²) in [4.78, 5) is 23.2. The first kappa shape index (κ1) is 11.9. The molecule has 0 aliphatic heterocycles. The molecule has 0 saturated heterocycles. The maximum atomic E-state index is 11.6. The highest BCUT2D eigenvalue weighted by Gasteiger charge is 2.12. The average Bonchev–Trinajstić information content (AvgIpc) is 2.29. The molecule has 0 aliphatic carbocycles. The van der Waals surface area contributed by atoms with Gasteiger partial charge in [-0.3, -0.25) is 4.79 Å². The van der Waals surface area contributed by atoms with Crippen molar-refractivity contribution in [2.45, 2.75) is 6.92 Å². The van der Waals surface area contributed by atoms with Crippen LogP contribution < -0.4 is 10.9 Å². The summed E-state index contributed by atoms with van der Waals surface area (Å²) in [5.41, 5.74) is -0.130. The molecule has 0 atom stereocenters. The average molecular weight is 296 g/mol. The largest absolute Gasteiger partial charge is 0.422 e. The molecule has 17 heavy (non-hydrogen) atoms. The van der Waals surface area contributed by atoms with Crippen LogP contribution in [0.5, 0.6) is 0 Å². The number of hydrogen-bond acceptors (Lipinski definition) is 3. The molecular formula is C12H10BrNO3. The monoisotopic (exact) mass is 295 g/mol. The van der Waals surface area contributed by atoms with Gasteiger partial charge in [-0.15, -0.1) is 0 Å². The fourth-order valence-electron chi connectivity index (χ4n) is 1.51. The summed E-state index contributed by atoms with van der Waals surface area (Å²) >= 11 is 3.32. The fourth-order valence-corrected chi connectivity index (χ4v) is 1.89. The van der Waals surface area contributed by atoms with E-state index in [1.165, 1.54) is 6.07 Å². The zero-order valence-corrected chi connectivity index (χ0v) is 10.7. The van der Waals surface area contributed by atoms with Gasteiger partial charge in [0.05, 0.1) is 0 Å². The molecule has 0 bridgehead atoms. The quantitative estimate of drug-likeness (QED) is 0.865. The maximum absolute atomic E-state index is 11.6. The van der Waals surface area contributed by atoms with Crippen molar-refractivity contribution >= 4 is 32.8 Å². The predicted octanol–water partition coefficient (Wildman–Crippen LogP) is 2.31. The molecule has 1 aromatic carbocycles. The lowest BCUT2D eigenvalue weighted by atomic mass is 10.2. The van der Waals surface area contributed by atoms with E-state index in [0.717, 1.165) is 4.47 Å². The van der Waals surface area contributed by atoms with E-state index >= 15 is 0 Å². The number of carbonyl (C=O) groups excluding carboxylic acids is 1. The van der Waals surface area contributed by atoms with Crippen molar-refractivity contribution < 1.29 is 9.21 Å². The van der Waals surface area contributed by atoms with Gasteiger partial charge in [0.25, 0.3) is 5.91 Å². The zero-order valence-electron chi connectivity index (χ0n) is 9.12. The van der Waals surface area contributed by atoms with E-state index in [2.05, 4.69) is 21.2 Å². The first-order valence-corrected chi connectivity index (χ1v) is 5.92. The number of amides is 1. The van der Waals surface area contributed by atoms with E-state index in [9.17, 15) is 9.59 Å². The van der Waals surface area contributed by atoms with Crippen LogP contribution in [0.3, 0.4) is 0 Å². The van der Waals surface area contributed by atoms with Gasteiger partial charge in [-0.1, -0.05) is 15.9 Å². The van der Waals surface area contributed by atoms with Crippen LogP contribution in [0.1, 0.15) is 17.3 Å². The van der Waals surface area contributed by atoms with Crippen LogP contribution in [0.15, 0.2) is 37.9 Å². The molecule has 4 nitrogen and oxygen atoms in total. The molecule has 1 N–H and O–H groups in total. The molecule has 0 spiro atoms. The van der Waals surface area contributed by atoms with E-state index in [1.807, 2.05) is 0 Å². The summed E-state index contributed by atoms with van der Waals surface area (Å²) in [6.45, 7) is 2.26. The lowest BCUT2D eigenvalue weighted by Crippen LogP contribution is -2.27. The van der Waals surface area contributed by atoms with Crippen LogP contribution >= 0.6 is 15.9 Å².